The van der Waals surface area contributed by atoms with Gasteiger partial charge in [-0.25, -0.2) is 0 Å². The van der Waals surface area contributed by atoms with Gasteiger partial charge >= 0.3 is 5.97 Å². The van der Waals surface area contributed by atoms with Crippen molar-refractivity contribution in [1.82, 2.24) is 10.6 Å². The highest BCUT2D eigenvalue weighted by atomic mass is 16.7. The molecule has 13 N–H and O–H groups in total. The van der Waals surface area contributed by atoms with Crippen molar-refractivity contribution in [3.05, 3.63) is 0 Å². The van der Waals surface area contributed by atoms with Gasteiger partial charge in [0.2, 0.25) is 11.8 Å². The first kappa shape index (κ1) is 44.4. The zero-order chi connectivity index (χ0) is 40.2. The topological polar surface area (TPSA) is 372 Å². The van der Waals surface area contributed by atoms with Gasteiger partial charge in [-0.1, -0.05) is 0 Å². The third-order valence-corrected chi connectivity index (χ3v) is 9.23. The molecule has 4 saturated heterocycles. The van der Waals surface area contributed by atoms with Crippen LogP contribution < -0.4 is 10.6 Å². The zero-order valence-electron chi connectivity index (χ0n) is 29.3. The van der Waals surface area contributed by atoms with Crippen LogP contribution in [0.1, 0.15) is 20.8 Å². The van der Waals surface area contributed by atoms with Crippen molar-refractivity contribution < 1.29 is 108 Å². The Morgan fingerprint density at radius 1 is 0.611 bits per heavy atom. The lowest BCUT2D eigenvalue weighted by Gasteiger charge is -2.47. The van der Waals surface area contributed by atoms with Crippen molar-refractivity contribution in [2.24, 2.45) is 0 Å². The predicted molar refractivity (Wildman–Crippen MR) is 167 cm³/mol. The lowest BCUT2D eigenvalue weighted by atomic mass is 9.95. The molecule has 54 heavy (non-hydrogen) atoms. The second kappa shape index (κ2) is 19.2. The van der Waals surface area contributed by atoms with Gasteiger partial charge in [0.05, 0.1) is 19.8 Å². The molecule has 0 aromatic rings. The highest BCUT2D eigenvalue weighted by Gasteiger charge is 2.54. The Labute approximate surface area is 307 Å². The number of aliphatic hydroxyl groups excluding tert-OH is 11. The average Bonchev–Trinajstić information content (AvgIpc) is 3.39. The molecule has 24 nitrogen and oxygen atoms in total. The predicted octanol–water partition coefficient (Wildman–Crippen LogP) is -8.89. The molecular formula is C30H50N2O22. The number of aliphatic hydroxyl groups is 11. The quantitative estimate of drug-likeness (QED) is 0.0726. The summed E-state index contributed by atoms with van der Waals surface area (Å²) in [5.41, 5.74) is 0. The van der Waals surface area contributed by atoms with Gasteiger partial charge in [-0.15, -0.1) is 0 Å². The maximum absolute atomic E-state index is 11.9. The van der Waals surface area contributed by atoms with E-state index in [9.17, 15) is 70.6 Å². The lowest BCUT2D eigenvalue weighted by Crippen LogP contribution is -2.67. The van der Waals surface area contributed by atoms with E-state index < -0.39 is 167 Å². The maximum Gasteiger partial charge on any atom is 0.302 e. The molecule has 0 saturated carbocycles. The van der Waals surface area contributed by atoms with E-state index in [4.69, 9.17) is 37.9 Å². The molecule has 24 heteroatoms. The smallest absolute Gasteiger partial charge is 0.302 e. The van der Waals surface area contributed by atoms with Gasteiger partial charge in [0, 0.05) is 20.8 Å². The molecule has 0 aliphatic carbocycles. The molecule has 312 valence electrons. The summed E-state index contributed by atoms with van der Waals surface area (Å²) in [4.78, 5) is 35.3. The highest BCUT2D eigenvalue weighted by molar-refractivity contribution is 5.73. The Bertz CT molecular complexity index is 1250. The standard InChI is InChI=1S/C30H50N2O22/c1-8(35)31-15-19(41)17(39)12(4-33)50-28(15)53-25-14(7-47-10(3)37)51-29(22(44)21(25)43)48-6-11(38)24-20(42)23(45)30(52-24)54-26-16(32-9(2)36)27(46)49-13(5-34)18(26)40/h11-30,33-34,38-46H,4-7H2,1-3H3,(H,31,35)(H,32,36)/t11-,12-,13-,14-,15-,16-,17-,18+,19-,20-,21-,22-,23-,24+,25+,26-,27-,28-,29-,30+/m1/s1. The number of rotatable bonds is 14. The van der Waals surface area contributed by atoms with Crippen molar-refractivity contribution >= 4 is 17.8 Å². The lowest BCUT2D eigenvalue weighted by molar-refractivity contribution is -0.349. The summed E-state index contributed by atoms with van der Waals surface area (Å²) in [5.74, 6) is -2.14. The zero-order valence-corrected chi connectivity index (χ0v) is 29.3. The molecule has 0 radical (unpaired) electrons. The van der Waals surface area contributed by atoms with Crippen molar-refractivity contribution in [2.45, 2.75) is 143 Å². The molecular weight excluding hydrogens is 740 g/mol. The Hall–Kier alpha value is -2.31. The summed E-state index contributed by atoms with van der Waals surface area (Å²) < 4.78 is 43.8. The Morgan fingerprint density at radius 2 is 1.17 bits per heavy atom. The van der Waals surface area contributed by atoms with Crippen LogP contribution in [-0.2, 0) is 52.3 Å². The molecule has 0 aromatic heterocycles. The third-order valence-electron chi connectivity index (χ3n) is 9.23. The average molecular weight is 791 g/mol. The summed E-state index contributed by atoms with van der Waals surface area (Å²) in [7, 11) is 0. The Morgan fingerprint density at radius 3 is 1.76 bits per heavy atom. The van der Waals surface area contributed by atoms with Gasteiger partial charge in [0.15, 0.2) is 25.2 Å². The van der Waals surface area contributed by atoms with Crippen LogP contribution in [0, 0.1) is 0 Å². The minimum Gasteiger partial charge on any atom is -0.463 e. The molecule has 4 aliphatic heterocycles. The van der Waals surface area contributed by atoms with E-state index >= 15 is 0 Å². The molecule has 2 amide bonds. The molecule has 0 spiro atoms. The van der Waals surface area contributed by atoms with Crippen molar-refractivity contribution in [1.29, 1.82) is 0 Å². The first-order chi connectivity index (χ1) is 25.4. The summed E-state index contributed by atoms with van der Waals surface area (Å²) in [5, 5.41) is 120. The fraction of sp³-hybridized carbons (Fsp3) is 0.900. The number of hydrogen-bond acceptors (Lipinski definition) is 22. The monoisotopic (exact) mass is 790 g/mol. The fourth-order valence-corrected chi connectivity index (χ4v) is 6.47. The van der Waals surface area contributed by atoms with E-state index in [0.29, 0.717) is 0 Å². The molecule has 0 aromatic carbocycles. The van der Waals surface area contributed by atoms with E-state index in [0.717, 1.165) is 20.8 Å². The number of hydrogen-bond donors (Lipinski definition) is 13. The number of nitrogens with one attached hydrogen (secondary N) is 2. The highest BCUT2D eigenvalue weighted by Crippen LogP contribution is 2.33. The van der Waals surface area contributed by atoms with Crippen LogP contribution in [0.15, 0.2) is 0 Å². The number of esters is 1. The molecule has 20 atom stereocenters. The van der Waals surface area contributed by atoms with Gasteiger partial charge in [-0.2, -0.15) is 0 Å². The second-order valence-corrected chi connectivity index (χ2v) is 13.3. The maximum atomic E-state index is 11.9. The molecule has 0 unspecified atom stereocenters. The first-order valence-electron chi connectivity index (χ1n) is 17.0. The van der Waals surface area contributed by atoms with E-state index in [1.165, 1.54) is 0 Å². The fourth-order valence-electron chi connectivity index (χ4n) is 6.47. The van der Waals surface area contributed by atoms with Crippen molar-refractivity contribution in [3.63, 3.8) is 0 Å². The van der Waals surface area contributed by atoms with Crippen LogP contribution in [0.3, 0.4) is 0 Å². The molecule has 4 fully saturated rings. The van der Waals surface area contributed by atoms with E-state index in [1.54, 1.807) is 0 Å². The van der Waals surface area contributed by atoms with E-state index in [1.807, 2.05) is 0 Å². The SMILES string of the molecule is CC(=O)N[C@@H]1[C@@H](O[C@@H]2O[C@@H]([C@H](O)CO[C@@H]3O[C@H](COC(C)=O)[C@H](O[C@H]4O[C@H](CO)[C@@H](O)[C@H](O)[C@H]4NC(C)=O)[C@H](O)[C@H]3O)[C@H](O)[C@H]2O)[C@@H](O)[C@@H](CO)O[C@H]1O. The van der Waals surface area contributed by atoms with Gasteiger partial charge in [-0.05, 0) is 0 Å². The van der Waals surface area contributed by atoms with Gasteiger partial charge in [0.25, 0.3) is 0 Å². The normalized spacial score (nSPS) is 44.7. The van der Waals surface area contributed by atoms with Gasteiger partial charge in [0.1, 0.15) is 104 Å². The van der Waals surface area contributed by atoms with Crippen molar-refractivity contribution in [2.75, 3.05) is 26.4 Å². The van der Waals surface area contributed by atoms with Crippen LogP contribution in [0.4, 0.5) is 0 Å². The van der Waals surface area contributed by atoms with E-state index in [-0.39, 0.29) is 0 Å². The van der Waals surface area contributed by atoms with Crippen molar-refractivity contribution in [3.8, 4) is 0 Å². The number of carbonyl (C=O) groups is 3. The summed E-state index contributed by atoms with van der Waals surface area (Å²) >= 11 is 0. The largest absolute Gasteiger partial charge is 0.463 e. The number of ether oxygens (including phenoxy) is 8. The molecule has 0 bridgehead atoms. The molecule has 4 rings (SSSR count). The van der Waals surface area contributed by atoms with Crippen LogP contribution in [0.2, 0.25) is 0 Å². The Kier molecular flexibility index (Phi) is 15.8. The van der Waals surface area contributed by atoms with Crippen LogP contribution >= 0.6 is 0 Å². The van der Waals surface area contributed by atoms with Crippen LogP contribution in [0.25, 0.3) is 0 Å². The first-order valence-corrected chi connectivity index (χ1v) is 17.0. The Balaban J connectivity index is 1.44. The summed E-state index contributed by atoms with van der Waals surface area (Å²) in [6.07, 6.45) is -30.8. The number of carbonyl (C=O) groups excluding carboxylic acids is 3. The van der Waals surface area contributed by atoms with Crippen LogP contribution in [-0.4, -0.2) is 223 Å². The second-order valence-electron chi connectivity index (χ2n) is 13.3. The van der Waals surface area contributed by atoms with Gasteiger partial charge < -0.3 is 105 Å². The molecule has 4 heterocycles. The number of amides is 2. The third kappa shape index (κ3) is 10.2. The molecule has 4 aliphatic rings. The summed E-state index contributed by atoms with van der Waals surface area (Å²) in [6, 6.07) is -2.89. The minimum absolute atomic E-state index is 0.628. The minimum atomic E-state index is -1.98. The van der Waals surface area contributed by atoms with Crippen LogP contribution in [0.5, 0.6) is 0 Å². The van der Waals surface area contributed by atoms with Gasteiger partial charge in [-0.3, -0.25) is 14.4 Å². The summed E-state index contributed by atoms with van der Waals surface area (Å²) in [6.45, 7) is 0.237. The van der Waals surface area contributed by atoms with E-state index in [2.05, 4.69) is 10.6 Å².